The van der Waals surface area contributed by atoms with Gasteiger partial charge >= 0.3 is 6.18 Å². The predicted molar refractivity (Wildman–Crippen MR) is 82.4 cm³/mol. The monoisotopic (exact) mass is 339 g/mol. The first-order valence-corrected chi connectivity index (χ1v) is 8.50. The van der Waals surface area contributed by atoms with E-state index < -0.39 is 11.7 Å². The van der Waals surface area contributed by atoms with Crippen LogP contribution in [0.1, 0.15) is 31.2 Å². The van der Waals surface area contributed by atoms with Crippen molar-refractivity contribution >= 4 is 11.7 Å². The molecule has 2 atom stereocenters. The van der Waals surface area contributed by atoms with Gasteiger partial charge in [-0.2, -0.15) is 13.2 Å². The van der Waals surface area contributed by atoms with E-state index in [2.05, 4.69) is 4.98 Å². The van der Waals surface area contributed by atoms with E-state index >= 15 is 0 Å². The van der Waals surface area contributed by atoms with Gasteiger partial charge in [-0.1, -0.05) is 0 Å². The number of hydrogen-bond acceptors (Lipinski definition) is 3. The lowest BCUT2D eigenvalue weighted by molar-refractivity contribution is -0.140. The van der Waals surface area contributed by atoms with Crippen LogP contribution in [0, 0.1) is 11.8 Å². The fourth-order valence-electron chi connectivity index (χ4n) is 3.79. The van der Waals surface area contributed by atoms with Gasteiger partial charge in [-0.05, 0) is 43.7 Å². The van der Waals surface area contributed by atoms with E-state index in [0.29, 0.717) is 24.8 Å². The van der Waals surface area contributed by atoms with Crippen LogP contribution in [-0.2, 0) is 11.0 Å². The number of rotatable bonds is 3. The van der Waals surface area contributed by atoms with E-state index in [1.54, 1.807) is 0 Å². The average Bonchev–Trinajstić information content (AvgIpc) is 3.37. The Balaban J connectivity index is 1.54. The number of amides is 1. The molecule has 0 N–H and O–H groups in total. The summed E-state index contributed by atoms with van der Waals surface area (Å²) in [7, 11) is 0. The third-order valence-electron chi connectivity index (χ3n) is 5.34. The minimum absolute atomic E-state index is 0.0633. The smallest absolute Gasteiger partial charge is 0.354 e. The number of carbonyl (C=O) groups excluding carboxylic acids is 1. The van der Waals surface area contributed by atoms with Crippen molar-refractivity contribution in [3.8, 4) is 0 Å². The van der Waals surface area contributed by atoms with Crippen molar-refractivity contribution in [3.05, 3.63) is 23.9 Å². The van der Waals surface area contributed by atoms with Crippen molar-refractivity contribution in [2.24, 2.45) is 11.8 Å². The molecule has 2 bridgehead atoms. The number of carbonyl (C=O) groups is 1. The van der Waals surface area contributed by atoms with Crippen molar-refractivity contribution in [1.82, 2.24) is 9.88 Å². The molecule has 3 saturated heterocycles. The highest BCUT2D eigenvalue weighted by molar-refractivity contribution is 5.81. The molecule has 3 aliphatic heterocycles. The number of aromatic nitrogens is 1. The van der Waals surface area contributed by atoms with Gasteiger partial charge in [-0.15, -0.1) is 0 Å². The van der Waals surface area contributed by atoms with E-state index in [1.807, 2.05) is 9.80 Å². The summed E-state index contributed by atoms with van der Waals surface area (Å²) < 4.78 is 38.1. The zero-order valence-corrected chi connectivity index (χ0v) is 13.3. The maximum absolute atomic E-state index is 12.7. The van der Waals surface area contributed by atoms with Crippen LogP contribution in [-0.4, -0.2) is 41.5 Å². The van der Waals surface area contributed by atoms with Crippen LogP contribution in [0.15, 0.2) is 18.3 Å². The van der Waals surface area contributed by atoms with Crippen LogP contribution in [0.4, 0.5) is 19.0 Å². The Kier molecular flexibility index (Phi) is 3.69. The standard InChI is InChI=1S/C17H20F3N3O/c18-17(19,20)13-4-6-15(21-7-13)22-9-12-3-5-14(10-22)23(16(12)24)8-11-1-2-11/h4,6-7,11-12,14H,1-3,5,8-10H2/t12-,14+/m0/s1. The molecule has 4 fully saturated rings. The number of nitrogens with zero attached hydrogens (tertiary/aromatic N) is 3. The highest BCUT2D eigenvalue weighted by Crippen LogP contribution is 2.36. The average molecular weight is 339 g/mol. The van der Waals surface area contributed by atoms with Gasteiger partial charge in [0.1, 0.15) is 5.82 Å². The van der Waals surface area contributed by atoms with Crippen molar-refractivity contribution in [3.63, 3.8) is 0 Å². The molecule has 1 aromatic rings. The third kappa shape index (κ3) is 2.96. The zero-order valence-electron chi connectivity index (χ0n) is 13.3. The second kappa shape index (κ2) is 5.63. The molecule has 0 unspecified atom stereocenters. The normalized spacial score (nSPS) is 27.5. The van der Waals surface area contributed by atoms with Crippen molar-refractivity contribution in [2.75, 3.05) is 24.5 Å². The van der Waals surface area contributed by atoms with Gasteiger partial charge in [0.2, 0.25) is 5.91 Å². The fourth-order valence-corrected chi connectivity index (χ4v) is 3.79. The van der Waals surface area contributed by atoms with E-state index in [4.69, 9.17) is 0 Å². The second-order valence-corrected chi connectivity index (χ2v) is 7.17. The number of anilines is 1. The molecule has 7 heteroatoms. The Hall–Kier alpha value is -1.79. The summed E-state index contributed by atoms with van der Waals surface area (Å²) in [6, 6.07) is 2.64. The molecular weight excluding hydrogens is 319 g/mol. The summed E-state index contributed by atoms with van der Waals surface area (Å²) in [5.41, 5.74) is -0.740. The van der Waals surface area contributed by atoms with Crippen LogP contribution in [0.3, 0.4) is 0 Å². The van der Waals surface area contributed by atoms with Crippen LogP contribution in [0.2, 0.25) is 0 Å². The number of pyridine rings is 1. The molecule has 24 heavy (non-hydrogen) atoms. The highest BCUT2D eigenvalue weighted by atomic mass is 19.4. The lowest BCUT2D eigenvalue weighted by atomic mass is 9.94. The Morgan fingerprint density at radius 2 is 1.92 bits per heavy atom. The molecular formula is C17H20F3N3O. The molecule has 4 nitrogen and oxygen atoms in total. The summed E-state index contributed by atoms with van der Waals surface area (Å²) in [5.74, 6) is 1.33. The van der Waals surface area contributed by atoms with Crippen LogP contribution >= 0.6 is 0 Å². The first kappa shape index (κ1) is 15.7. The summed E-state index contributed by atoms with van der Waals surface area (Å²) in [4.78, 5) is 20.7. The van der Waals surface area contributed by atoms with Crippen LogP contribution < -0.4 is 4.90 Å². The summed E-state index contributed by atoms with van der Waals surface area (Å²) >= 11 is 0. The van der Waals surface area contributed by atoms with Crippen molar-refractivity contribution in [2.45, 2.75) is 37.9 Å². The molecule has 130 valence electrons. The summed E-state index contributed by atoms with van der Waals surface area (Å²) in [6.07, 6.45) is 0.741. The molecule has 5 rings (SSSR count). The SMILES string of the molecule is O=C1[C@H]2CC[C@H](CN(c3ccc(C(F)(F)F)cn3)C2)N1CC1CC1. The molecule has 4 heterocycles. The first-order chi connectivity index (χ1) is 11.4. The summed E-state index contributed by atoms with van der Waals surface area (Å²) in [6.45, 7) is 2.05. The number of alkyl halides is 3. The number of hydrogen-bond donors (Lipinski definition) is 0. The molecule has 1 amide bonds. The predicted octanol–water partition coefficient (Wildman–Crippen LogP) is 2.94. The Labute approximate surface area is 138 Å². The molecule has 4 aliphatic rings. The van der Waals surface area contributed by atoms with Crippen LogP contribution in [0.25, 0.3) is 0 Å². The maximum atomic E-state index is 12.7. The zero-order chi connectivity index (χ0) is 16.9. The summed E-state index contributed by atoms with van der Waals surface area (Å²) in [5, 5.41) is 0. The van der Waals surface area contributed by atoms with Gasteiger partial charge in [-0.3, -0.25) is 4.79 Å². The number of halogens is 3. The van der Waals surface area contributed by atoms with Gasteiger partial charge in [0.25, 0.3) is 0 Å². The maximum Gasteiger partial charge on any atom is 0.417 e. The van der Waals surface area contributed by atoms with Gasteiger partial charge in [-0.25, -0.2) is 4.98 Å². The molecule has 1 saturated carbocycles. The minimum Gasteiger partial charge on any atom is -0.354 e. The Morgan fingerprint density at radius 1 is 1.12 bits per heavy atom. The molecule has 0 radical (unpaired) electrons. The van der Waals surface area contributed by atoms with Crippen molar-refractivity contribution < 1.29 is 18.0 Å². The van der Waals surface area contributed by atoms with E-state index in [0.717, 1.165) is 31.6 Å². The molecule has 0 aromatic carbocycles. The second-order valence-electron chi connectivity index (χ2n) is 7.17. The topological polar surface area (TPSA) is 36.4 Å². The molecule has 1 aromatic heterocycles. The highest BCUT2D eigenvalue weighted by Gasteiger charge is 2.42. The molecule has 1 aliphatic carbocycles. The fraction of sp³-hybridized carbons (Fsp3) is 0.647. The first-order valence-electron chi connectivity index (χ1n) is 8.50. The Morgan fingerprint density at radius 3 is 2.54 bits per heavy atom. The minimum atomic E-state index is -4.37. The third-order valence-corrected chi connectivity index (χ3v) is 5.34. The largest absolute Gasteiger partial charge is 0.417 e. The quantitative estimate of drug-likeness (QED) is 0.850. The van der Waals surface area contributed by atoms with Gasteiger partial charge in [0, 0.05) is 31.9 Å². The van der Waals surface area contributed by atoms with E-state index in [9.17, 15) is 18.0 Å². The molecule has 0 spiro atoms. The lowest BCUT2D eigenvalue weighted by Crippen LogP contribution is -2.48. The van der Waals surface area contributed by atoms with Gasteiger partial charge in [0.05, 0.1) is 11.5 Å². The van der Waals surface area contributed by atoms with E-state index in [1.165, 1.54) is 18.9 Å². The number of piperidine rings is 1. The van der Waals surface area contributed by atoms with Crippen molar-refractivity contribution in [1.29, 1.82) is 0 Å². The van der Waals surface area contributed by atoms with E-state index in [-0.39, 0.29) is 17.9 Å². The van der Waals surface area contributed by atoms with Gasteiger partial charge < -0.3 is 9.80 Å². The number of fused-ring (bicyclic) bond motifs is 4. The Bertz CT molecular complexity index is 627. The lowest BCUT2D eigenvalue weighted by Gasteiger charge is -2.36. The van der Waals surface area contributed by atoms with Crippen LogP contribution in [0.5, 0.6) is 0 Å². The van der Waals surface area contributed by atoms with Gasteiger partial charge in [0.15, 0.2) is 0 Å².